The van der Waals surface area contributed by atoms with Gasteiger partial charge in [0.05, 0.1) is 6.54 Å². The van der Waals surface area contributed by atoms with Gasteiger partial charge in [-0.05, 0) is 37.4 Å². The van der Waals surface area contributed by atoms with E-state index in [2.05, 4.69) is 5.32 Å². The molecular weight excluding hydrogens is 254 g/mol. The summed E-state index contributed by atoms with van der Waals surface area (Å²) in [6, 6.07) is 7.71. The van der Waals surface area contributed by atoms with Crippen molar-refractivity contribution in [2.45, 2.75) is 25.3 Å². The molecule has 1 aromatic rings. The van der Waals surface area contributed by atoms with Gasteiger partial charge in [0.25, 0.3) is 5.91 Å². The number of nitrogens with two attached hydrogens (primary N) is 1. The van der Waals surface area contributed by atoms with Crippen LogP contribution in [0, 0.1) is 0 Å². The van der Waals surface area contributed by atoms with Crippen LogP contribution in [0.1, 0.15) is 28.8 Å². The molecule has 0 radical (unpaired) electrons. The predicted octanol–water partition coefficient (Wildman–Crippen LogP) is 0.538. The highest BCUT2D eigenvalue weighted by Gasteiger charge is 2.24. The number of hydrogen-bond donors (Lipinski definition) is 2. The highest BCUT2D eigenvalue weighted by atomic mass is 16.2. The number of carbonyl (C=O) groups is 2. The summed E-state index contributed by atoms with van der Waals surface area (Å²) in [5.74, 6) is -0.236. The van der Waals surface area contributed by atoms with E-state index in [1.165, 1.54) is 4.90 Å². The zero-order chi connectivity index (χ0) is 14.5. The molecule has 2 rings (SSSR count). The lowest BCUT2D eigenvalue weighted by atomic mass is 10.0. The van der Waals surface area contributed by atoms with Gasteiger partial charge in [0.2, 0.25) is 5.91 Å². The third-order valence-electron chi connectivity index (χ3n) is 3.33. The quantitative estimate of drug-likeness (QED) is 0.795. The van der Waals surface area contributed by atoms with Crippen LogP contribution in [0.4, 0.5) is 0 Å². The number of rotatable bonds is 6. The first kappa shape index (κ1) is 14.5. The number of likely N-dealkylation sites (N-methyl/N-ethyl adjacent to an activating group) is 1. The summed E-state index contributed by atoms with van der Waals surface area (Å²) in [5, 5.41) is 2.88. The van der Waals surface area contributed by atoms with Crippen LogP contribution in [0.15, 0.2) is 24.3 Å². The molecule has 1 aliphatic carbocycles. The molecule has 0 aliphatic heterocycles. The second kappa shape index (κ2) is 6.52. The number of hydrogen-bond acceptors (Lipinski definition) is 3. The molecule has 1 aliphatic rings. The van der Waals surface area contributed by atoms with Crippen LogP contribution in [-0.4, -0.2) is 42.9 Å². The number of amides is 2. The van der Waals surface area contributed by atoms with Crippen molar-refractivity contribution in [1.82, 2.24) is 10.2 Å². The lowest BCUT2D eigenvalue weighted by molar-refractivity contribution is -0.121. The standard InChI is InChI=1S/C15H21N3O2/c1-18(10-14(19)17-12-6-7-12)15(20)13-5-3-2-4-11(13)8-9-16/h2-5,12H,6-10,16H2,1H3,(H,17,19). The van der Waals surface area contributed by atoms with Gasteiger partial charge in [-0.2, -0.15) is 0 Å². The summed E-state index contributed by atoms with van der Waals surface area (Å²) in [5.41, 5.74) is 7.11. The van der Waals surface area contributed by atoms with Gasteiger partial charge in [0, 0.05) is 18.7 Å². The average molecular weight is 275 g/mol. The Balaban J connectivity index is 1.99. The van der Waals surface area contributed by atoms with Crippen LogP contribution in [0.5, 0.6) is 0 Å². The molecule has 0 spiro atoms. The van der Waals surface area contributed by atoms with Gasteiger partial charge in [0.15, 0.2) is 0 Å². The van der Waals surface area contributed by atoms with Crippen LogP contribution in [-0.2, 0) is 11.2 Å². The van der Waals surface area contributed by atoms with Gasteiger partial charge >= 0.3 is 0 Å². The Morgan fingerprint density at radius 3 is 2.70 bits per heavy atom. The molecule has 2 amide bonds. The summed E-state index contributed by atoms with van der Waals surface area (Å²) < 4.78 is 0. The van der Waals surface area contributed by atoms with Crippen LogP contribution >= 0.6 is 0 Å². The van der Waals surface area contributed by atoms with E-state index in [4.69, 9.17) is 5.73 Å². The van der Waals surface area contributed by atoms with Gasteiger partial charge in [0.1, 0.15) is 0 Å². The Morgan fingerprint density at radius 2 is 2.05 bits per heavy atom. The minimum atomic E-state index is -0.139. The van der Waals surface area contributed by atoms with Crippen LogP contribution in [0.2, 0.25) is 0 Å². The number of benzene rings is 1. The second-order valence-electron chi connectivity index (χ2n) is 5.20. The first-order chi connectivity index (χ1) is 9.61. The first-order valence-electron chi connectivity index (χ1n) is 6.94. The summed E-state index contributed by atoms with van der Waals surface area (Å²) in [6.45, 7) is 0.586. The van der Waals surface area contributed by atoms with Crippen molar-refractivity contribution in [3.05, 3.63) is 35.4 Å². The molecule has 0 heterocycles. The van der Waals surface area contributed by atoms with Crippen molar-refractivity contribution in [3.8, 4) is 0 Å². The van der Waals surface area contributed by atoms with E-state index >= 15 is 0 Å². The minimum absolute atomic E-state index is 0.0896. The molecule has 5 nitrogen and oxygen atoms in total. The highest BCUT2D eigenvalue weighted by molar-refractivity contribution is 5.97. The lowest BCUT2D eigenvalue weighted by Gasteiger charge is -2.18. The Morgan fingerprint density at radius 1 is 1.35 bits per heavy atom. The minimum Gasteiger partial charge on any atom is -0.352 e. The van der Waals surface area contributed by atoms with Gasteiger partial charge in [-0.15, -0.1) is 0 Å². The van der Waals surface area contributed by atoms with Crippen molar-refractivity contribution < 1.29 is 9.59 Å². The van der Waals surface area contributed by atoms with Crippen molar-refractivity contribution >= 4 is 11.8 Å². The summed E-state index contributed by atoms with van der Waals surface area (Å²) in [4.78, 5) is 25.6. The summed E-state index contributed by atoms with van der Waals surface area (Å²) in [7, 11) is 1.65. The van der Waals surface area contributed by atoms with Crippen molar-refractivity contribution in [2.24, 2.45) is 5.73 Å². The molecular formula is C15H21N3O2. The maximum atomic E-state index is 12.4. The van der Waals surface area contributed by atoms with E-state index in [-0.39, 0.29) is 18.4 Å². The van der Waals surface area contributed by atoms with E-state index < -0.39 is 0 Å². The fourth-order valence-corrected chi connectivity index (χ4v) is 2.10. The average Bonchev–Trinajstić information content (AvgIpc) is 3.22. The zero-order valence-electron chi connectivity index (χ0n) is 11.8. The van der Waals surface area contributed by atoms with E-state index in [1.807, 2.05) is 18.2 Å². The SMILES string of the molecule is CN(CC(=O)NC1CC1)C(=O)c1ccccc1CCN. The van der Waals surface area contributed by atoms with E-state index in [0.29, 0.717) is 24.6 Å². The molecule has 0 saturated heterocycles. The zero-order valence-corrected chi connectivity index (χ0v) is 11.8. The van der Waals surface area contributed by atoms with Crippen LogP contribution in [0.25, 0.3) is 0 Å². The fourth-order valence-electron chi connectivity index (χ4n) is 2.10. The largest absolute Gasteiger partial charge is 0.352 e. The molecule has 1 fully saturated rings. The number of nitrogens with zero attached hydrogens (tertiary/aromatic N) is 1. The number of carbonyl (C=O) groups excluding carboxylic acids is 2. The van der Waals surface area contributed by atoms with Crippen molar-refractivity contribution in [2.75, 3.05) is 20.1 Å². The summed E-state index contributed by atoms with van der Waals surface area (Å²) >= 11 is 0. The van der Waals surface area contributed by atoms with Gasteiger partial charge in [-0.25, -0.2) is 0 Å². The third kappa shape index (κ3) is 3.81. The molecule has 0 unspecified atom stereocenters. The second-order valence-corrected chi connectivity index (χ2v) is 5.20. The Bertz CT molecular complexity index is 498. The van der Waals surface area contributed by atoms with Crippen LogP contribution in [0.3, 0.4) is 0 Å². The lowest BCUT2D eigenvalue weighted by Crippen LogP contribution is -2.39. The van der Waals surface area contributed by atoms with E-state index in [0.717, 1.165) is 18.4 Å². The smallest absolute Gasteiger partial charge is 0.254 e. The van der Waals surface area contributed by atoms with Gasteiger partial charge < -0.3 is 16.0 Å². The monoisotopic (exact) mass is 275 g/mol. The normalized spacial score (nSPS) is 13.9. The highest BCUT2D eigenvalue weighted by Crippen LogP contribution is 2.18. The Labute approximate surface area is 119 Å². The fraction of sp³-hybridized carbons (Fsp3) is 0.467. The Hall–Kier alpha value is -1.88. The third-order valence-corrected chi connectivity index (χ3v) is 3.33. The van der Waals surface area contributed by atoms with E-state index in [9.17, 15) is 9.59 Å². The van der Waals surface area contributed by atoms with Crippen molar-refractivity contribution in [1.29, 1.82) is 0 Å². The molecule has 108 valence electrons. The molecule has 5 heteroatoms. The molecule has 1 saturated carbocycles. The first-order valence-corrected chi connectivity index (χ1v) is 6.94. The predicted molar refractivity (Wildman–Crippen MR) is 77.3 cm³/mol. The summed E-state index contributed by atoms with van der Waals surface area (Å²) in [6.07, 6.45) is 2.75. The van der Waals surface area contributed by atoms with Crippen molar-refractivity contribution in [3.63, 3.8) is 0 Å². The maximum Gasteiger partial charge on any atom is 0.254 e. The molecule has 0 bridgehead atoms. The Kier molecular flexibility index (Phi) is 4.74. The van der Waals surface area contributed by atoms with Crippen LogP contribution < -0.4 is 11.1 Å². The molecule has 0 atom stereocenters. The van der Waals surface area contributed by atoms with Gasteiger partial charge in [-0.1, -0.05) is 18.2 Å². The number of nitrogens with one attached hydrogen (secondary N) is 1. The van der Waals surface area contributed by atoms with E-state index in [1.54, 1.807) is 13.1 Å². The maximum absolute atomic E-state index is 12.4. The molecule has 3 N–H and O–H groups in total. The topological polar surface area (TPSA) is 75.4 Å². The molecule has 0 aromatic heterocycles. The molecule has 1 aromatic carbocycles. The molecule has 20 heavy (non-hydrogen) atoms. The van der Waals surface area contributed by atoms with Gasteiger partial charge in [-0.3, -0.25) is 9.59 Å².